The van der Waals surface area contributed by atoms with Gasteiger partial charge in [-0.15, -0.1) is 0 Å². The molecule has 6 heteroatoms. The molecule has 3 aromatic rings. The smallest absolute Gasteiger partial charge is 0.221 e. The van der Waals surface area contributed by atoms with Gasteiger partial charge in [0.05, 0.1) is 11.4 Å². The average Bonchev–Trinajstić information content (AvgIpc) is 2.69. The lowest BCUT2D eigenvalue weighted by atomic mass is 10.1. The van der Waals surface area contributed by atoms with Crippen molar-refractivity contribution in [2.45, 2.75) is 0 Å². The monoisotopic (exact) mass is 423 g/mol. The van der Waals surface area contributed by atoms with E-state index >= 15 is 0 Å². The molecule has 1 aliphatic heterocycles. The minimum absolute atomic E-state index is 0.279. The summed E-state index contributed by atoms with van der Waals surface area (Å²) in [4.78, 5) is 13.6. The van der Waals surface area contributed by atoms with E-state index in [1.807, 2.05) is 30.3 Å². The molecule has 1 aromatic heterocycles. The largest absolute Gasteiger partial charge is 0.369 e. The van der Waals surface area contributed by atoms with Crippen molar-refractivity contribution in [2.24, 2.45) is 0 Å². The van der Waals surface area contributed by atoms with Crippen LogP contribution in [0.4, 0.5) is 11.6 Å². The fraction of sp³-hybridized carbons (Fsp3) is 0.238. The number of nitrogen functional groups attached to an aromatic ring is 1. The van der Waals surface area contributed by atoms with E-state index in [2.05, 4.69) is 67.0 Å². The number of aromatic nitrogens is 2. The highest BCUT2D eigenvalue weighted by Crippen LogP contribution is 2.30. The third-order valence-electron chi connectivity index (χ3n) is 4.92. The van der Waals surface area contributed by atoms with Gasteiger partial charge in [0.2, 0.25) is 5.95 Å². The molecule has 1 fully saturated rings. The summed E-state index contributed by atoms with van der Waals surface area (Å²) in [6, 6.07) is 18.5. The first kappa shape index (κ1) is 17.9. The lowest BCUT2D eigenvalue weighted by Crippen LogP contribution is -2.44. The van der Waals surface area contributed by atoms with Gasteiger partial charge in [-0.05, 0) is 31.3 Å². The van der Waals surface area contributed by atoms with Gasteiger partial charge in [-0.3, -0.25) is 0 Å². The Labute approximate surface area is 168 Å². The number of nitrogens with two attached hydrogens (primary N) is 1. The van der Waals surface area contributed by atoms with Crippen LogP contribution in [0.5, 0.6) is 0 Å². The second-order valence-electron chi connectivity index (χ2n) is 6.81. The van der Waals surface area contributed by atoms with Gasteiger partial charge in [0.25, 0.3) is 0 Å². The van der Waals surface area contributed by atoms with Crippen LogP contribution >= 0.6 is 15.9 Å². The lowest BCUT2D eigenvalue weighted by Gasteiger charge is -2.34. The summed E-state index contributed by atoms with van der Waals surface area (Å²) in [5.41, 5.74) is 10.9. The Bertz CT molecular complexity index is 934. The minimum atomic E-state index is 0.279. The van der Waals surface area contributed by atoms with Crippen LogP contribution in [-0.4, -0.2) is 48.1 Å². The minimum Gasteiger partial charge on any atom is -0.369 e. The quantitative estimate of drug-likeness (QED) is 0.691. The van der Waals surface area contributed by atoms with Gasteiger partial charge in [0.1, 0.15) is 0 Å². The van der Waals surface area contributed by atoms with Crippen molar-refractivity contribution in [3.8, 4) is 22.5 Å². The summed E-state index contributed by atoms with van der Waals surface area (Å²) in [5.74, 6) is 0.279. The maximum atomic E-state index is 5.99. The molecule has 0 bridgehead atoms. The first-order chi connectivity index (χ1) is 13.1. The Hall–Kier alpha value is -2.44. The highest BCUT2D eigenvalue weighted by atomic mass is 79.9. The molecule has 0 atom stereocenters. The standard InChI is InChI=1S/C21H22BrN5/c1-26-10-12-27(13-11-26)16-8-6-15(7-9-16)19-14-20(25-21(23)24-19)17-4-2-3-5-18(17)22/h2-9,14H,10-13H2,1H3,(H2,23,24,25). The second kappa shape index (κ2) is 7.66. The van der Waals surface area contributed by atoms with Crippen LogP contribution in [-0.2, 0) is 0 Å². The molecule has 0 aliphatic carbocycles. The summed E-state index contributed by atoms with van der Waals surface area (Å²) >= 11 is 3.59. The molecule has 0 radical (unpaired) electrons. The average molecular weight is 424 g/mol. The van der Waals surface area contributed by atoms with E-state index in [1.165, 1.54) is 5.69 Å². The molecule has 0 saturated carbocycles. The maximum absolute atomic E-state index is 5.99. The van der Waals surface area contributed by atoms with E-state index in [1.54, 1.807) is 0 Å². The summed E-state index contributed by atoms with van der Waals surface area (Å²) in [7, 11) is 2.17. The van der Waals surface area contributed by atoms with Crippen LogP contribution in [0.3, 0.4) is 0 Å². The fourth-order valence-corrected chi connectivity index (χ4v) is 3.82. The number of rotatable bonds is 3. The third kappa shape index (κ3) is 3.96. The molecule has 138 valence electrons. The Morgan fingerprint density at radius 1 is 0.889 bits per heavy atom. The Balaban J connectivity index is 1.63. The molecule has 1 aliphatic rings. The number of hydrogen-bond acceptors (Lipinski definition) is 5. The topological polar surface area (TPSA) is 58.3 Å². The highest BCUT2D eigenvalue weighted by Gasteiger charge is 2.15. The van der Waals surface area contributed by atoms with Gasteiger partial charge >= 0.3 is 0 Å². The zero-order valence-corrected chi connectivity index (χ0v) is 16.9. The number of hydrogen-bond donors (Lipinski definition) is 1. The van der Waals surface area contributed by atoms with Crippen molar-refractivity contribution >= 4 is 27.6 Å². The predicted molar refractivity (Wildman–Crippen MR) is 115 cm³/mol. The van der Waals surface area contributed by atoms with Crippen molar-refractivity contribution in [3.05, 3.63) is 59.1 Å². The molecule has 2 N–H and O–H groups in total. The molecule has 0 spiro atoms. The number of halogens is 1. The van der Waals surface area contributed by atoms with E-state index in [-0.39, 0.29) is 5.95 Å². The van der Waals surface area contributed by atoms with Crippen LogP contribution in [0.1, 0.15) is 0 Å². The number of benzene rings is 2. The highest BCUT2D eigenvalue weighted by molar-refractivity contribution is 9.10. The molecule has 4 rings (SSSR count). The first-order valence-electron chi connectivity index (χ1n) is 9.03. The predicted octanol–water partition coefficient (Wildman–Crippen LogP) is 3.91. The van der Waals surface area contributed by atoms with Gasteiger partial charge in [-0.1, -0.05) is 46.3 Å². The summed E-state index contributed by atoms with van der Waals surface area (Å²) in [6.07, 6.45) is 0. The van der Waals surface area contributed by atoms with Crippen LogP contribution < -0.4 is 10.6 Å². The van der Waals surface area contributed by atoms with Gasteiger partial charge in [0.15, 0.2) is 0 Å². The van der Waals surface area contributed by atoms with Crippen LogP contribution in [0.25, 0.3) is 22.5 Å². The Morgan fingerprint density at radius 3 is 2.26 bits per heavy atom. The van der Waals surface area contributed by atoms with E-state index in [0.29, 0.717) is 0 Å². The van der Waals surface area contributed by atoms with E-state index < -0.39 is 0 Å². The fourth-order valence-electron chi connectivity index (χ4n) is 3.33. The van der Waals surface area contributed by atoms with Crippen LogP contribution in [0.2, 0.25) is 0 Å². The van der Waals surface area contributed by atoms with Crippen molar-refractivity contribution < 1.29 is 0 Å². The normalized spacial score (nSPS) is 15.1. The molecular weight excluding hydrogens is 402 g/mol. The number of anilines is 2. The lowest BCUT2D eigenvalue weighted by molar-refractivity contribution is 0.313. The first-order valence-corrected chi connectivity index (χ1v) is 9.83. The molecule has 2 aromatic carbocycles. The molecular formula is C21H22BrN5. The molecule has 0 amide bonds. The van der Waals surface area contributed by atoms with Gasteiger partial charge in [0, 0.05) is 47.5 Å². The number of likely N-dealkylation sites (N-methyl/N-ethyl adjacent to an activating group) is 1. The van der Waals surface area contributed by atoms with Gasteiger partial charge in [-0.25, -0.2) is 9.97 Å². The van der Waals surface area contributed by atoms with E-state index in [4.69, 9.17) is 5.73 Å². The molecule has 5 nitrogen and oxygen atoms in total. The summed E-state index contributed by atoms with van der Waals surface area (Å²) in [6.45, 7) is 4.31. The summed E-state index contributed by atoms with van der Waals surface area (Å²) in [5, 5.41) is 0. The van der Waals surface area contributed by atoms with Gasteiger partial charge in [-0.2, -0.15) is 0 Å². The van der Waals surface area contributed by atoms with Crippen LogP contribution in [0.15, 0.2) is 59.1 Å². The van der Waals surface area contributed by atoms with Crippen molar-refractivity contribution in [2.75, 3.05) is 43.9 Å². The number of nitrogens with zero attached hydrogens (tertiary/aromatic N) is 4. The van der Waals surface area contributed by atoms with Crippen molar-refractivity contribution in [1.29, 1.82) is 0 Å². The molecule has 1 saturated heterocycles. The molecule has 27 heavy (non-hydrogen) atoms. The second-order valence-corrected chi connectivity index (χ2v) is 7.67. The van der Waals surface area contributed by atoms with Crippen molar-refractivity contribution in [1.82, 2.24) is 14.9 Å². The maximum Gasteiger partial charge on any atom is 0.221 e. The Morgan fingerprint density at radius 2 is 1.56 bits per heavy atom. The molecule has 2 heterocycles. The van der Waals surface area contributed by atoms with Gasteiger partial charge < -0.3 is 15.5 Å². The van der Waals surface area contributed by atoms with E-state index in [9.17, 15) is 0 Å². The SMILES string of the molecule is CN1CCN(c2ccc(-c3cc(-c4ccccc4Br)nc(N)n3)cc2)CC1. The third-order valence-corrected chi connectivity index (χ3v) is 5.62. The summed E-state index contributed by atoms with van der Waals surface area (Å²) < 4.78 is 0.986. The Kier molecular flexibility index (Phi) is 5.09. The number of piperazine rings is 1. The van der Waals surface area contributed by atoms with E-state index in [0.717, 1.165) is 53.2 Å². The zero-order valence-electron chi connectivity index (χ0n) is 15.3. The molecule has 0 unspecified atom stereocenters. The van der Waals surface area contributed by atoms with Crippen molar-refractivity contribution in [3.63, 3.8) is 0 Å². The zero-order chi connectivity index (χ0) is 18.8. The van der Waals surface area contributed by atoms with Crippen LogP contribution in [0, 0.1) is 0 Å².